The molecule has 1 aliphatic rings. The first kappa shape index (κ1) is 21.0. The highest BCUT2D eigenvalue weighted by atomic mass is 32.1. The molecule has 2 aromatic heterocycles. The fraction of sp³-hybridized carbons (Fsp3) is 0.500. The smallest absolute Gasteiger partial charge is 0.275 e. The third-order valence-electron chi connectivity index (χ3n) is 5.79. The van der Waals surface area contributed by atoms with E-state index in [1.54, 1.807) is 16.2 Å². The molecule has 0 spiro atoms. The van der Waals surface area contributed by atoms with Crippen LogP contribution in [0, 0.1) is 13.8 Å². The van der Waals surface area contributed by atoms with Crippen molar-refractivity contribution >= 4 is 27.5 Å². The van der Waals surface area contributed by atoms with Crippen molar-refractivity contribution in [2.24, 2.45) is 0 Å². The largest absolute Gasteiger partial charge is 0.351 e. The van der Waals surface area contributed by atoms with Crippen molar-refractivity contribution in [1.82, 2.24) is 20.1 Å². The monoisotopic (exact) mass is 428 g/mol. The van der Waals surface area contributed by atoms with E-state index in [0.29, 0.717) is 13.1 Å². The zero-order valence-electron chi connectivity index (χ0n) is 17.9. The number of aryl methyl sites for hydroxylation is 3. The van der Waals surface area contributed by atoms with Crippen molar-refractivity contribution in [2.75, 3.05) is 39.3 Å². The first-order chi connectivity index (χ1) is 14.6. The molecule has 0 saturated carbocycles. The summed E-state index contributed by atoms with van der Waals surface area (Å²) < 4.78 is 3.28. The number of nitrogens with zero attached hydrogens (tertiary/aromatic N) is 3. The van der Waals surface area contributed by atoms with E-state index in [2.05, 4.69) is 41.6 Å². The third-order valence-corrected chi connectivity index (χ3v) is 6.82. The van der Waals surface area contributed by atoms with Crippen molar-refractivity contribution < 1.29 is 14.6 Å². The van der Waals surface area contributed by atoms with Gasteiger partial charge < -0.3 is 15.1 Å². The lowest BCUT2D eigenvalue weighted by atomic mass is 10.3. The Labute approximate surface area is 181 Å². The first-order valence-corrected chi connectivity index (χ1v) is 11.7. The lowest BCUT2D eigenvalue weighted by molar-refractivity contribution is -1.02. The molecule has 1 aromatic carbocycles. The van der Waals surface area contributed by atoms with Crippen molar-refractivity contribution in [3.05, 3.63) is 46.7 Å². The van der Waals surface area contributed by atoms with Gasteiger partial charge in [-0.05, 0) is 38.5 Å². The average molecular weight is 429 g/mol. The summed E-state index contributed by atoms with van der Waals surface area (Å²) >= 11 is 1.81. The number of piperazine rings is 1. The van der Waals surface area contributed by atoms with Crippen molar-refractivity contribution in [3.8, 4) is 0 Å². The topological polar surface area (TPSA) is 68.7 Å². The maximum atomic E-state index is 12.3. The van der Waals surface area contributed by atoms with E-state index in [0.717, 1.165) is 56.9 Å². The molecule has 1 fully saturated rings. The Morgan fingerprint density at radius 1 is 1.17 bits per heavy atom. The molecule has 1 saturated heterocycles. The molecule has 30 heavy (non-hydrogen) atoms. The molecule has 0 bridgehead atoms. The Kier molecular flexibility index (Phi) is 6.76. The van der Waals surface area contributed by atoms with Gasteiger partial charge in [0.15, 0.2) is 6.54 Å². The van der Waals surface area contributed by atoms with Gasteiger partial charge in [-0.1, -0.05) is 12.1 Å². The van der Waals surface area contributed by atoms with Crippen molar-refractivity contribution in [1.29, 1.82) is 0 Å². The van der Waals surface area contributed by atoms with Crippen LogP contribution in [0.25, 0.3) is 10.2 Å². The summed E-state index contributed by atoms with van der Waals surface area (Å²) in [5.74, 6) is 0.160. The standard InChI is InChI=1S/C22H30N6OS/c1-17-14-18(2)28(25-17)9-5-8-23-21(29)15-26-10-12-27(13-11-26)16-22-24-19-6-3-4-7-20(19)30-22/h3-4,6-7,14H,5,8-13,15-16H2,1-2H3,(H,23,29)/p+2. The number of thiazole rings is 1. The summed E-state index contributed by atoms with van der Waals surface area (Å²) in [4.78, 5) is 20.0. The Hall–Kier alpha value is -2.29. The lowest BCUT2D eigenvalue weighted by Crippen LogP contribution is -3.28. The Morgan fingerprint density at radius 3 is 2.67 bits per heavy atom. The maximum Gasteiger partial charge on any atom is 0.275 e. The van der Waals surface area contributed by atoms with Crippen LogP contribution in [0.5, 0.6) is 0 Å². The van der Waals surface area contributed by atoms with Crippen molar-refractivity contribution in [2.45, 2.75) is 33.4 Å². The van der Waals surface area contributed by atoms with Gasteiger partial charge in [0.1, 0.15) is 37.7 Å². The molecule has 1 amide bonds. The Balaban J connectivity index is 1.14. The van der Waals surface area contributed by atoms with Crippen LogP contribution in [-0.4, -0.2) is 59.9 Å². The van der Waals surface area contributed by atoms with E-state index in [4.69, 9.17) is 4.98 Å². The fourth-order valence-corrected chi connectivity index (χ4v) is 5.21. The number of para-hydroxylation sites is 1. The number of carbonyl (C=O) groups excluding carboxylic acids is 1. The van der Waals surface area contributed by atoms with Gasteiger partial charge in [0, 0.05) is 18.8 Å². The number of aromatic nitrogens is 3. The van der Waals surface area contributed by atoms with Crippen LogP contribution in [0.4, 0.5) is 0 Å². The number of amides is 1. The number of benzene rings is 1. The molecule has 0 atom stereocenters. The molecule has 0 aliphatic carbocycles. The van der Waals surface area contributed by atoms with Gasteiger partial charge >= 0.3 is 0 Å². The molecule has 7 nitrogen and oxygen atoms in total. The number of hydrogen-bond donors (Lipinski definition) is 3. The van der Waals surface area contributed by atoms with E-state index in [1.165, 1.54) is 20.3 Å². The predicted octanol–water partition coefficient (Wildman–Crippen LogP) is -0.400. The highest BCUT2D eigenvalue weighted by molar-refractivity contribution is 7.18. The van der Waals surface area contributed by atoms with Crippen molar-refractivity contribution in [3.63, 3.8) is 0 Å². The quantitative estimate of drug-likeness (QED) is 0.428. The minimum atomic E-state index is 0.160. The van der Waals surface area contributed by atoms with Gasteiger partial charge in [0.05, 0.1) is 15.9 Å². The highest BCUT2D eigenvalue weighted by Crippen LogP contribution is 2.20. The molecule has 0 radical (unpaired) electrons. The van der Waals surface area contributed by atoms with E-state index in [9.17, 15) is 4.79 Å². The average Bonchev–Trinajstić information content (AvgIpc) is 3.28. The second kappa shape index (κ2) is 9.68. The molecule has 160 valence electrons. The van der Waals surface area contributed by atoms with Crippen LogP contribution in [-0.2, 0) is 17.9 Å². The molecular formula is C22H32N6OS+2. The van der Waals surface area contributed by atoms with Gasteiger partial charge in [-0.25, -0.2) is 4.98 Å². The summed E-state index contributed by atoms with van der Waals surface area (Å²) in [5.41, 5.74) is 3.33. The zero-order valence-corrected chi connectivity index (χ0v) is 18.7. The summed E-state index contributed by atoms with van der Waals surface area (Å²) in [6.45, 7) is 11.5. The minimum absolute atomic E-state index is 0.160. The Morgan fingerprint density at radius 2 is 1.93 bits per heavy atom. The molecule has 3 aromatic rings. The molecule has 0 unspecified atom stereocenters. The SMILES string of the molecule is Cc1cc(C)n(CCCNC(=O)C[NH+]2CC[NH+](Cc3nc4ccccc4s3)CC2)n1. The lowest BCUT2D eigenvalue weighted by Gasteiger charge is -2.28. The fourth-order valence-electron chi connectivity index (χ4n) is 4.17. The van der Waals surface area contributed by atoms with E-state index >= 15 is 0 Å². The van der Waals surface area contributed by atoms with Gasteiger partial charge in [-0.15, -0.1) is 11.3 Å². The third kappa shape index (κ3) is 5.44. The van der Waals surface area contributed by atoms with Gasteiger partial charge in [-0.3, -0.25) is 9.48 Å². The van der Waals surface area contributed by atoms with Crippen LogP contribution >= 0.6 is 11.3 Å². The Bertz CT molecular complexity index is 956. The van der Waals surface area contributed by atoms with Crippen LogP contribution in [0.1, 0.15) is 22.8 Å². The molecule has 3 heterocycles. The van der Waals surface area contributed by atoms with Gasteiger partial charge in [0.25, 0.3) is 5.91 Å². The zero-order chi connectivity index (χ0) is 20.9. The number of hydrogen-bond acceptors (Lipinski definition) is 4. The molecule has 1 aliphatic heterocycles. The van der Waals surface area contributed by atoms with Crippen LogP contribution in [0.3, 0.4) is 0 Å². The number of quaternary nitrogens is 2. The molecule has 3 N–H and O–H groups in total. The van der Waals surface area contributed by atoms with Gasteiger partial charge in [-0.2, -0.15) is 5.10 Å². The normalized spacial score (nSPS) is 19.3. The van der Waals surface area contributed by atoms with Crippen LogP contribution < -0.4 is 15.1 Å². The minimum Gasteiger partial charge on any atom is -0.351 e. The summed E-state index contributed by atoms with van der Waals surface area (Å²) in [6, 6.07) is 10.4. The van der Waals surface area contributed by atoms with Crippen LogP contribution in [0.2, 0.25) is 0 Å². The van der Waals surface area contributed by atoms with Crippen LogP contribution in [0.15, 0.2) is 30.3 Å². The number of carbonyl (C=O) groups is 1. The predicted molar refractivity (Wildman–Crippen MR) is 119 cm³/mol. The van der Waals surface area contributed by atoms with E-state index < -0.39 is 0 Å². The number of nitrogens with one attached hydrogen (secondary N) is 3. The van der Waals surface area contributed by atoms with E-state index in [-0.39, 0.29) is 5.91 Å². The molecule has 4 rings (SSSR count). The second-order valence-electron chi connectivity index (χ2n) is 8.28. The molecular weight excluding hydrogens is 396 g/mol. The first-order valence-electron chi connectivity index (χ1n) is 10.9. The summed E-state index contributed by atoms with van der Waals surface area (Å²) in [5, 5.41) is 8.76. The second-order valence-corrected chi connectivity index (χ2v) is 9.40. The maximum absolute atomic E-state index is 12.3. The summed E-state index contributed by atoms with van der Waals surface area (Å²) in [6.07, 6.45) is 0.906. The van der Waals surface area contributed by atoms with E-state index in [1.807, 2.05) is 17.7 Å². The molecule has 8 heteroatoms. The number of fused-ring (bicyclic) bond motifs is 1. The van der Waals surface area contributed by atoms with Gasteiger partial charge in [0.2, 0.25) is 0 Å². The number of rotatable bonds is 8. The summed E-state index contributed by atoms with van der Waals surface area (Å²) in [7, 11) is 0. The highest BCUT2D eigenvalue weighted by Gasteiger charge is 2.25.